The maximum Gasteiger partial charge on any atom is 0.306 e. The molecule has 2 aromatic rings. The Morgan fingerprint density at radius 3 is 2.83 bits per heavy atom. The lowest BCUT2D eigenvalue weighted by molar-refractivity contribution is -0.141. The van der Waals surface area contributed by atoms with E-state index in [-0.39, 0.29) is 5.92 Å². The highest BCUT2D eigenvalue weighted by molar-refractivity contribution is 6.10. The van der Waals surface area contributed by atoms with Gasteiger partial charge in [0.05, 0.1) is 5.92 Å². The quantitative estimate of drug-likeness (QED) is 0.806. The van der Waals surface area contributed by atoms with Crippen LogP contribution in [0.2, 0.25) is 6.04 Å². The molecule has 4 heteroatoms. The summed E-state index contributed by atoms with van der Waals surface area (Å²) >= 11 is 0. The first-order chi connectivity index (χ1) is 8.67. The van der Waals surface area contributed by atoms with E-state index in [1.807, 2.05) is 6.20 Å². The molecule has 0 fully saturated rings. The molecule has 2 rings (SSSR count). The van der Waals surface area contributed by atoms with Crippen LogP contribution in [0.1, 0.15) is 18.1 Å². The molecular formula is C14H19NO2Si. The maximum absolute atomic E-state index is 11.1. The van der Waals surface area contributed by atoms with Gasteiger partial charge in [0.2, 0.25) is 0 Å². The van der Waals surface area contributed by atoms with Crippen LogP contribution >= 0.6 is 0 Å². The second-order valence-corrected chi connectivity index (χ2v) is 5.47. The molecule has 0 saturated heterocycles. The van der Waals surface area contributed by atoms with Crippen LogP contribution in [0.15, 0.2) is 24.4 Å². The molecule has 1 heterocycles. The molecule has 1 aromatic carbocycles. The van der Waals surface area contributed by atoms with Gasteiger partial charge in [0, 0.05) is 27.3 Å². The number of fused-ring (bicyclic) bond motifs is 1. The predicted molar refractivity (Wildman–Crippen MR) is 77.3 cm³/mol. The molecule has 0 bridgehead atoms. The number of carbonyl (C=O) groups is 1. The van der Waals surface area contributed by atoms with E-state index >= 15 is 0 Å². The van der Waals surface area contributed by atoms with Gasteiger partial charge >= 0.3 is 5.97 Å². The maximum atomic E-state index is 11.1. The zero-order chi connectivity index (χ0) is 13.1. The van der Waals surface area contributed by atoms with Gasteiger partial charge in [0.1, 0.15) is 0 Å². The van der Waals surface area contributed by atoms with Gasteiger partial charge in [0.15, 0.2) is 0 Å². The minimum Gasteiger partial charge on any atom is -0.481 e. The minimum absolute atomic E-state index is 0.235. The summed E-state index contributed by atoms with van der Waals surface area (Å²) in [5.41, 5.74) is 3.58. The van der Waals surface area contributed by atoms with Crippen molar-refractivity contribution in [3.63, 3.8) is 0 Å². The number of benzene rings is 1. The average Bonchev–Trinajstić information content (AvgIpc) is 2.78. The van der Waals surface area contributed by atoms with Crippen LogP contribution in [-0.2, 0) is 17.6 Å². The number of hydrogen-bond acceptors (Lipinski definition) is 1. The molecule has 1 atom stereocenters. The zero-order valence-corrected chi connectivity index (χ0v) is 12.9. The monoisotopic (exact) mass is 261 g/mol. The molecule has 0 aliphatic carbocycles. The van der Waals surface area contributed by atoms with Crippen LogP contribution in [-0.4, -0.2) is 26.3 Å². The number of aromatic nitrogens is 1. The number of rotatable bonds is 5. The van der Waals surface area contributed by atoms with Crippen molar-refractivity contribution in [3.8, 4) is 0 Å². The highest BCUT2D eigenvalue weighted by atomic mass is 28.1. The first-order valence-corrected chi connectivity index (χ1v) is 7.89. The summed E-state index contributed by atoms with van der Waals surface area (Å²) in [7, 11) is 0.928. The van der Waals surface area contributed by atoms with E-state index in [0.29, 0.717) is 6.42 Å². The Hall–Kier alpha value is -1.55. The lowest BCUT2D eigenvalue weighted by Crippen LogP contribution is -2.15. The molecule has 0 unspecified atom stereocenters. The molecule has 0 aliphatic rings. The van der Waals surface area contributed by atoms with Gasteiger partial charge in [-0.1, -0.05) is 31.2 Å². The average molecular weight is 261 g/mol. The second-order valence-electron chi connectivity index (χ2n) is 4.65. The highest BCUT2D eigenvalue weighted by Gasteiger charge is 2.17. The van der Waals surface area contributed by atoms with E-state index in [0.717, 1.165) is 33.8 Å². The molecule has 3 nitrogen and oxygen atoms in total. The van der Waals surface area contributed by atoms with Crippen molar-refractivity contribution in [1.29, 1.82) is 0 Å². The van der Waals surface area contributed by atoms with Gasteiger partial charge in [-0.15, -0.1) is 0 Å². The molecule has 0 aliphatic heterocycles. The van der Waals surface area contributed by atoms with Gasteiger partial charge in [-0.25, -0.2) is 0 Å². The fourth-order valence-corrected chi connectivity index (χ4v) is 3.05. The fourth-order valence-electron chi connectivity index (χ4n) is 2.41. The number of hydrogen-bond donors (Lipinski definition) is 2. The van der Waals surface area contributed by atoms with Gasteiger partial charge < -0.3 is 10.1 Å². The van der Waals surface area contributed by atoms with Crippen LogP contribution < -0.4 is 0 Å². The molecule has 0 amide bonds. The number of aryl methyl sites for hydroxylation is 1. The molecule has 0 radical (unpaired) electrons. The van der Waals surface area contributed by atoms with Crippen LogP contribution in [0.25, 0.3) is 10.9 Å². The summed E-state index contributed by atoms with van der Waals surface area (Å²) in [6.07, 6.45) is 3.59. The van der Waals surface area contributed by atoms with Crippen LogP contribution in [0.3, 0.4) is 0 Å². The third-order valence-electron chi connectivity index (χ3n) is 3.58. The summed E-state index contributed by atoms with van der Waals surface area (Å²) in [5.74, 6) is -0.910. The normalized spacial score (nSPS) is 12.9. The summed E-state index contributed by atoms with van der Waals surface area (Å²) in [4.78, 5) is 14.4. The molecular weight excluding hydrogens is 242 g/mol. The third-order valence-corrected chi connectivity index (χ3v) is 4.56. The van der Waals surface area contributed by atoms with Crippen molar-refractivity contribution < 1.29 is 9.90 Å². The molecule has 2 N–H and O–H groups in total. The van der Waals surface area contributed by atoms with Crippen molar-refractivity contribution in [2.75, 3.05) is 0 Å². The smallest absolute Gasteiger partial charge is 0.306 e. The van der Waals surface area contributed by atoms with Gasteiger partial charge in [-0.2, -0.15) is 0 Å². The Kier molecular flexibility index (Phi) is 3.86. The van der Waals surface area contributed by atoms with E-state index in [9.17, 15) is 4.79 Å². The van der Waals surface area contributed by atoms with Gasteiger partial charge in [0.25, 0.3) is 0 Å². The largest absolute Gasteiger partial charge is 0.481 e. The lowest BCUT2D eigenvalue weighted by Gasteiger charge is -2.08. The molecule has 0 saturated carbocycles. The summed E-state index contributed by atoms with van der Waals surface area (Å²) in [6.45, 7) is 2.13. The van der Waals surface area contributed by atoms with Gasteiger partial charge in [-0.3, -0.25) is 4.79 Å². The van der Waals surface area contributed by atoms with E-state index in [4.69, 9.17) is 5.11 Å². The Balaban J connectivity index is 2.38. The number of H-pyrrole nitrogens is 1. The Morgan fingerprint density at radius 2 is 2.22 bits per heavy atom. The molecule has 18 heavy (non-hydrogen) atoms. The van der Waals surface area contributed by atoms with E-state index < -0.39 is 5.97 Å². The number of carboxylic acids is 1. The van der Waals surface area contributed by atoms with Crippen LogP contribution in [0, 0.1) is 5.92 Å². The topological polar surface area (TPSA) is 53.1 Å². The van der Waals surface area contributed by atoms with Crippen LogP contribution in [0.4, 0.5) is 0 Å². The summed E-state index contributed by atoms with van der Waals surface area (Å²) in [5, 5.41) is 10.3. The summed E-state index contributed by atoms with van der Waals surface area (Å²) in [6, 6.07) is 7.04. The molecule has 96 valence electrons. The lowest BCUT2D eigenvalue weighted by atomic mass is 9.99. The number of carboxylic acid groups (broad SMARTS) is 1. The third kappa shape index (κ3) is 2.34. The Bertz CT molecular complexity index is 562. The van der Waals surface area contributed by atoms with E-state index in [2.05, 4.69) is 30.1 Å². The molecule has 0 spiro atoms. The number of aliphatic carboxylic acids is 1. The van der Waals surface area contributed by atoms with Crippen molar-refractivity contribution in [2.45, 2.75) is 25.8 Å². The minimum atomic E-state index is -0.675. The van der Waals surface area contributed by atoms with Crippen molar-refractivity contribution >= 4 is 27.1 Å². The van der Waals surface area contributed by atoms with E-state index in [1.54, 1.807) is 0 Å². The Labute approximate surface area is 110 Å². The SMILES string of the molecule is CCc1cccc2c(C[C@H](C[SiH3])C(=O)O)c[nH]c12. The first-order valence-electron chi connectivity index (χ1n) is 6.48. The highest BCUT2D eigenvalue weighted by Crippen LogP contribution is 2.25. The number of aromatic amines is 1. The van der Waals surface area contributed by atoms with Crippen molar-refractivity contribution in [3.05, 3.63) is 35.5 Å². The predicted octanol–water partition coefficient (Wildman–Crippen LogP) is 1.76. The standard InChI is InChI=1S/C14H19NO2Si/c1-2-9-4-3-5-12-10(7-15-13(9)12)6-11(8-18)14(16)17/h3-5,7,11,15H,2,6,8H2,1,18H3,(H,16,17)/t11-/m1/s1. The first kappa shape index (κ1) is 12.9. The van der Waals surface area contributed by atoms with Crippen LogP contribution in [0.5, 0.6) is 0 Å². The second kappa shape index (κ2) is 5.39. The van der Waals surface area contributed by atoms with E-state index in [1.165, 1.54) is 10.9 Å². The van der Waals surface area contributed by atoms with Crippen molar-refractivity contribution in [1.82, 2.24) is 4.98 Å². The fraction of sp³-hybridized carbons (Fsp3) is 0.357. The number of para-hydroxylation sites is 1. The number of nitrogens with one attached hydrogen (secondary N) is 1. The Morgan fingerprint density at radius 1 is 1.44 bits per heavy atom. The van der Waals surface area contributed by atoms with Crippen molar-refractivity contribution in [2.24, 2.45) is 5.92 Å². The summed E-state index contributed by atoms with van der Waals surface area (Å²) < 4.78 is 0. The molecule has 1 aromatic heterocycles. The van der Waals surface area contributed by atoms with Gasteiger partial charge in [-0.05, 0) is 24.0 Å². The zero-order valence-electron chi connectivity index (χ0n) is 10.9.